The molecule has 0 saturated carbocycles. The Morgan fingerprint density at radius 1 is 1.21 bits per heavy atom. The fraction of sp³-hybridized carbons (Fsp3) is 0.438. The molecule has 0 saturated heterocycles. The van der Waals surface area contributed by atoms with Gasteiger partial charge in [0.2, 0.25) is 5.89 Å². The Morgan fingerprint density at radius 2 is 2.05 bits per heavy atom. The SMILES string of the molecule is CC.CN1CCCc2cc(-c3ncco3)ccc2C1. The van der Waals surface area contributed by atoms with Crippen LogP contribution in [0.5, 0.6) is 0 Å². The zero-order valence-corrected chi connectivity index (χ0v) is 12.0. The minimum Gasteiger partial charge on any atom is -0.445 e. The lowest BCUT2D eigenvalue weighted by Crippen LogP contribution is -2.16. The van der Waals surface area contributed by atoms with Crippen LogP contribution in [0.4, 0.5) is 0 Å². The zero-order chi connectivity index (χ0) is 13.7. The van der Waals surface area contributed by atoms with Crippen molar-refractivity contribution in [3.05, 3.63) is 41.8 Å². The minimum absolute atomic E-state index is 0.713. The Labute approximate surface area is 115 Å². The summed E-state index contributed by atoms with van der Waals surface area (Å²) in [5.41, 5.74) is 3.95. The largest absolute Gasteiger partial charge is 0.445 e. The molecule has 0 radical (unpaired) electrons. The molecule has 1 aromatic carbocycles. The Bertz CT molecular complexity index is 505. The van der Waals surface area contributed by atoms with Crippen molar-refractivity contribution < 1.29 is 4.42 Å². The molecule has 1 aliphatic rings. The maximum atomic E-state index is 5.34. The monoisotopic (exact) mass is 258 g/mol. The molecule has 0 bridgehead atoms. The second-order valence-corrected chi connectivity index (χ2v) is 4.66. The van der Waals surface area contributed by atoms with E-state index in [2.05, 4.69) is 35.1 Å². The molecule has 102 valence electrons. The van der Waals surface area contributed by atoms with Gasteiger partial charge in [-0.3, -0.25) is 0 Å². The van der Waals surface area contributed by atoms with E-state index in [0.717, 1.165) is 18.5 Å². The van der Waals surface area contributed by atoms with E-state index in [0.29, 0.717) is 5.89 Å². The van der Waals surface area contributed by atoms with Crippen molar-refractivity contribution in [3.63, 3.8) is 0 Å². The number of benzene rings is 1. The predicted octanol–water partition coefficient (Wildman–Crippen LogP) is 3.75. The third-order valence-electron chi connectivity index (χ3n) is 3.31. The molecule has 0 aliphatic carbocycles. The molecule has 0 atom stereocenters. The summed E-state index contributed by atoms with van der Waals surface area (Å²) in [5.74, 6) is 0.713. The zero-order valence-electron chi connectivity index (χ0n) is 12.0. The van der Waals surface area contributed by atoms with Crippen molar-refractivity contribution in [2.24, 2.45) is 0 Å². The summed E-state index contributed by atoms with van der Waals surface area (Å²) in [7, 11) is 2.18. The van der Waals surface area contributed by atoms with E-state index in [-0.39, 0.29) is 0 Å². The van der Waals surface area contributed by atoms with Crippen LogP contribution in [0.1, 0.15) is 31.4 Å². The van der Waals surface area contributed by atoms with E-state index < -0.39 is 0 Å². The highest BCUT2D eigenvalue weighted by atomic mass is 16.3. The third-order valence-corrected chi connectivity index (χ3v) is 3.31. The van der Waals surface area contributed by atoms with Crippen molar-refractivity contribution in [3.8, 4) is 11.5 Å². The molecule has 0 N–H and O–H groups in total. The fourth-order valence-electron chi connectivity index (χ4n) is 2.42. The van der Waals surface area contributed by atoms with E-state index >= 15 is 0 Å². The molecule has 0 fully saturated rings. The molecule has 0 spiro atoms. The van der Waals surface area contributed by atoms with Gasteiger partial charge in [-0.25, -0.2) is 4.98 Å². The van der Waals surface area contributed by atoms with Crippen LogP contribution in [0.15, 0.2) is 35.1 Å². The van der Waals surface area contributed by atoms with E-state index in [4.69, 9.17) is 4.42 Å². The molecule has 1 aliphatic heterocycles. The van der Waals surface area contributed by atoms with Crippen molar-refractivity contribution in [2.45, 2.75) is 33.2 Å². The van der Waals surface area contributed by atoms with Gasteiger partial charge in [-0.05, 0) is 49.7 Å². The van der Waals surface area contributed by atoms with Crippen LogP contribution < -0.4 is 0 Å². The molecule has 3 nitrogen and oxygen atoms in total. The van der Waals surface area contributed by atoms with Gasteiger partial charge < -0.3 is 9.32 Å². The van der Waals surface area contributed by atoms with E-state index in [1.807, 2.05) is 13.8 Å². The highest BCUT2D eigenvalue weighted by Crippen LogP contribution is 2.24. The summed E-state index contributed by atoms with van der Waals surface area (Å²) < 4.78 is 5.34. The lowest BCUT2D eigenvalue weighted by Gasteiger charge is -2.13. The number of hydrogen-bond acceptors (Lipinski definition) is 3. The minimum atomic E-state index is 0.713. The molecular weight excluding hydrogens is 236 g/mol. The number of oxazole rings is 1. The summed E-state index contributed by atoms with van der Waals surface area (Å²) in [6.07, 6.45) is 5.68. The van der Waals surface area contributed by atoms with Crippen LogP contribution in [0, 0.1) is 0 Å². The third kappa shape index (κ3) is 3.24. The highest BCUT2D eigenvalue weighted by Gasteiger charge is 2.13. The Hall–Kier alpha value is -1.61. The number of aromatic nitrogens is 1. The lowest BCUT2D eigenvalue weighted by molar-refractivity contribution is 0.332. The van der Waals surface area contributed by atoms with Crippen LogP contribution >= 0.6 is 0 Å². The first-order valence-corrected chi connectivity index (χ1v) is 7.03. The van der Waals surface area contributed by atoms with Gasteiger partial charge in [0.05, 0.1) is 6.20 Å². The molecule has 3 heteroatoms. The standard InChI is InChI=1S/C14H16N2O.C2H6/c1-16-7-2-3-11-9-12(4-5-13(11)10-16)14-15-6-8-17-14;1-2/h4-6,8-9H,2-3,7,10H2,1H3;1-2H3. The topological polar surface area (TPSA) is 29.3 Å². The van der Waals surface area contributed by atoms with E-state index in [1.165, 1.54) is 24.1 Å². The molecule has 3 rings (SSSR count). The fourth-order valence-corrected chi connectivity index (χ4v) is 2.42. The summed E-state index contributed by atoms with van der Waals surface area (Å²) in [5, 5.41) is 0. The molecule has 2 heterocycles. The van der Waals surface area contributed by atoms with Crippen molar-refractivity contribution in [1.29, 1.82) is 0 Å². The van der Waals surface area contributed by atoms with E-state index in [1.54, 1.807) is 12.5 Å². The predicted molar refractivity (Wildman–Crippen MR) is 77.9 cm³/mol. The number of nitrogens with zero attached hydrogens (tertiary/aromatic N) is 2. The summed E-state index contributed by atoms with van der Waals surface area (Å²) in [4.78, 5) is 6.57. The smallest absolute Gasteiger partial charge is 0.225 e. The quantitative estimate of drug-likeness (QED) is 0.780. The number of fused-ring (bicyclic) bond motifs is 1. The average molecular weight is 258 g/mol. The molecule has 19 heavy (non-hydrogen) atoms. The van der Waals surface area contributed by atoms with Crippen LogP contribution in [0.25, 0.3) is 11.5 Å². The van der Waals surface area contributed by atoms with Crippen LogP contribution in [-0.4, -0.2) is 23.5 Å². The summed E-state index contributed by atoms with van der Waals surface area (Å²) in [6.45, 7) is 6.21. The second-order valence-electron chi connectivity index (χ2n) is 4.66. The van der Waals surface area contributed by atoms with Crippen LogP contribution in [0.3, 0.4) is 0 Å². The van der Waals surface area contributed by atoms with Gasteiger partial charge in [0.25, 0.3) is 0 Å². The summed E-state index contributed by atoms with van der Waals surface area (Å²) in [6, 6.07) is 6.53. The Kier molecular flexibility index (Phi) is 4.74. The molecule has 0 amide bonds. The van der Waals surface area contributed by atoms with Crippen molar-refractivity contribution in [1.82, 2.24) is 9.88 Å². The summed E-state index contributed by atoms with van der Waals surface area (Å²) >= 11 is 0. The molecule has 1 aromatic heterocycles. The van der Waals surface area contributed by atoms with Gasteiger partial charge in [0, 0.05) is 12.1 Å². The van der Waals surface area contributed by atoms with Gasteiger partial charge in [-0.2, -0.15) is 0 Å². The van der Waals surface area contributed by atoms with Crippen molar-refractivity contribution in [2.75, 3.05) is 13.6 Å². The number of rotatable bonds is 1. The maximum absolute atomic E-state index is 5.34. The van der Waals surface area contributed by atoms with Gasteiger partial charge in [0.1, 0.15) is 6.26 Å². The van der Waals surface area contributed by atoms with Gasteiger partial charge in [0.15, 0.2) is 0 Å². The number of hydrogen-bond donors (Lipinski definition) is 0. The Balaban J connectivity index is 0.000000637. The molecule has 0 unspecified atom stereocenters. The highest BCUT2D eigenvalue weighted by molar-refractivity contribution is 5.55. The molecule has 2 aromatic rings. The average Bonchev–Trinajstić information content (AvgIpc) is 2.90. The van der Waals surface area contributed by atoms with Gasteiger partial charge in [-0.15, -0.1) is 0 Å². The van der Waals surface area contributed by atoms with Crippen molar-refractivity contribution >= 4 is 0 Å². The first-order valence-electron chi connectivity index (χ1n) is 7.03. The first kappa shape index (κ1) is 13.8. The molecular formula is C16H22N2O. The Morgan fingerprint density at radius 3 is 2.79 bits per heavy atom. The van der Waals surface area contributed by atoms with E-state index in [9.17, 15) is 0 Å². The lowest BCUT2D eigenvalue weighted by atomic mass is 10.0. The first-order chi connectivity index (χ1) is 9.33. The normalized spacial score (nSPS) is 15.1. The number of aryl methyl sites for hydroxylation is 1. The van der Waals surface area contributed by atoms with Crippen LogP contribution in [-0.2, 0) is 13.0 Å². The van der Waals surface area contributed by atoms with Crippen LogP contribution in [0.2, 0.25) is 0 Å². The maximum Gasteiger partial charge on any atom is 0.225 e. The van der Waals surface area contributed by atoms with Gasteiger partial charge in [-0.1, -0.05) is 19.9 Å². The van der Waals surface area contributed by atoms with Gasteiger partial charge >= 0.3 is 0 Å². The second kappa shape index (κ2) is 6.53.